The summed E-state index contributed by atoms with van der Waals surface area (Å²) in [6, 6.07) is 0.181. The first kappa shape index (κ1) is 15.2. The van der Waals surface area contributed by atoms with Crippen LogP contribution >= 0.6 is 0 Å². The van der Waals surface area contributed by atoms with Gasteiger partial charge < -0.3 is 21.1 Å². The molecule has 21 heavy (non-hydrogen) atoms. The summed E-state index contributed by atoms with van der Waals surface area (Å²) in [5.41, 5.74) is 6.34. The maximum Gasteiger partial charge on any atom is 0.254 e. The smallest absolute Gasteiger partial charge is 0.254 e. The Morgan fingerprint density at radius 1 is 1.62 bits per heavy atom. The van der Waals surface area contributed by atoms with Crippen LogP contribution < -0.4 is 16.4 Å². The van der Waals surface area contributed by atoms with Crippen molar-refractivity contribution in [2.75, 3.05) is 23.8 Å². The number of hydrogen-bond acceptors (Lipinski definition) is 6. The largest absolute Gasteiger partial charge is 0.379 e. The van der Waals surface area contributed by atoms with Crippen molar-refractivity contribution in [3.8, 4) is 0 Å². The number of nitrogens with one attached hydrogen (secondary N) is 2. The molecule has 1 saturated heterocycles. The molecule has 1 fully saturated rings. The number of nitrogens with two attached hydrogens (primary N) is 1. The van der Waals surface area contributed by atoms with E-state index in [9.17, 15) is 4.79 Å². The zero-order valence-corrected chi connectivity index (χ0v) is 12.2. The summed E-state index contributed by atoms with van der Waals surface area (Å²) < 4.78 is 5.41. The fraction of sp³-hybridized carbons (Fsp3) is 0.500. The molecule has 2 heterocycles. The molecule has 1 aromatic heterocycles. The highest BCUT2D eigenvalue weighted by Gasteiger charge is 2.17. The minimum absolute atomic E-state index is 0.181. The van der Waals surface area contributed by atoms with Crippen molar-refractivity contribution in [3.63, 3.8) is 0 Å². The van der Waals surface area contributed by atoms with E-state index in [1.54, 1.807) is 0 Å². The van der Waals surface area contributed by atoms with Crippen molar-refractivity contribution in [1.82, 2.24) is 9.97 Å². The van der Waals surface area contributed by atoms with E-state index in [-0.39, 0.29) is 11.6 Å². The third-order valence-corrected chi connectivity index (χ3v) is 3.27. The first-order valence-electron chi connectivity index (χ1n) is 7.06. The molecule has 4 N–H and O–H groups in total. The van der Waals surface area contributed by atoms with Gasteiger partial charge in [0.05, 0.1) is 12.6 Å². The number of nitrogens with zero attached hydrogens (tertiary/aromatic N) is 2. The van der Waals surface area contributed by atoms with Crippen LogP contribution in [0.15, 0.2) is 18.5 Å². The van der Waals surface area contributed by atoms with E-state index in [1.807, 2.05) is 6.92 Å². The van der Waals surface area contributed by atoms with Gasteiger partial charge in [0, 0.05) is 18.5 Å². The number of aromatic nitrogens is 2. The van der Waals surface area contributed by atoms with Crippen LogP contribution in [-0.4, -0.2) is 35.1 Å². The van der Waals surface area contributed by atoms with Crippen LogP contribution in [0.25, 0.3) is 0 Å². The minimum atomic E-state index is -0.575. The van der Waals surface area contributed by atoms with Crippen molar-refractivity contribution in [2.45, 2.75) is 32.2 Å². The average Bonchev–Trinajstić information content (AvgIpc) is 2.48. The summed E-state index contributed by atoms with van der Waals surface area (Å²) in [7, 11) is 0. The first-order chi connectivity index (χ1) is 10.1. The lowest BCUT2D eigenvalue weighted by molar-refractivity contribution is 0.0874. The predicted molar refractivity (Wildman–Crippen MR) is 81.1 cm³/mol. The average molecular weight is 291 g/mol. The van der Waals surface area contributed by atoms with Crippen molar-refractivity contribution in [2.24, 2.45) is 5.73 Å². The summed E-state index contributed by atoms with van der Waals surface area (Å²) >= 11 is 0. The summed E-state index contributed by atoms with van der Waals surface area (Å²) in [4.78, 5) is 19.9. The molecule has 1 amide bonds. The molecule has 0 unspecified atom stereocenters. The van der Waals surface area contributed by atoms with Gasteiger partial charge in [0.1, 0.15) is 11.4 Å². The molecule has 7 heteroatoms. The third kappa shape index (κ3) is 4.16. The third-order valence-electron chi connectivity index (χ3n) is 3.27. The number of rotatable bonds is 6. The molecule has 0 aromatic carbocycles. The maximum absolute atomic E-state index is 11.4. The molecular weight excluding hydrogens is 270 g/mol. The number of amides is 1. The fourth-order valence-electron chi connectivity index (χ4n) is 2.02. The van der Waals surface area contributed by atoms with Gasteiger partial charge >= 0.3 is 0 Å². The van der Waals surface area contributed by atoms with Crippen LogP contribution in [-0.2, 0) is 4.74 Å². The molecule has 0 bridgehead atoms. The number of primary amides is 1. The van der Waals surface area contributed by atoms with Crippen LogP contribution in [0, 0.1) is 0 Å². The number of carbonyl (C=O) groups excluding carboxylic acids is 1. The lowest BCUT2D eigenvalue weighted by atomic mass is 10.1. The minimum Gasteiger partial charge on any atom is -0.379 e. The van der Waals surface area contributed by atoms with Crippen LogP contribution in [0.3, 0.4) is 0 Å². The zero-order valence-electron chi connectivity index (χ0n) is 12.2. The van der Waals surface area contributed by atoms with Crippen molar-refractivity contribution < 1.29 is 9.53 Å². The molecule has 0 saturated carbocycles. The second kappa shape index (κ2) is 7.03. The Hall–Kier alpha value is -2.15. The highest BCUT2D eigenvalue weighted by molar-refractivity contribution is 5.97. The van der Waals surface area contributed by atoms with Gasteiger partial charge in [-0.3, -0.25) is 4.79 Å². The topological polar surface area (TPSA) is 102 Å². The van der Waals surface area contributed by atoms with Gasteiger partial charge in [-0.2, -0.15) is 4.98 Å². The van der Waals surface area contributed by atoms with Gasteiger partial charge in [0.15, 0.2) is 0 Å². The van der Waals surface area contributed by atoms with Gasteiger partial charge in [-0.25, -0.2) is 4.98 Å². The number of hydrogen-bond donors (Lipinski definition) is 3. The zero-order chi connectivity index (χ0) is 15.2. The molecule has 1 aromatic rings. The van der Waals surface area contributed by atoms with Crippen molar-refractivity contribution >= 4 is 17.7 Å². The molecule has 0 radical (unpaired) electrons. The molecule has 2 rings (SSSR count). The predicted octanol–water partition coefficient (Wildman–Crippen LogP) is 1.50. The normalized spacial score (nSPS) is 18.0. The summed E-state index contributed by atoms with van der Waals surface area (Å²) in [6.45, 7) is 7.23. The monoisotopic (exact) mass is 291 g/mol. The van der Waals surface area contributed by atoms with E-state index in [4.69, 9.17) is 10.5 Å². The van der Waals surface area contributed by atoms with Crippen molar-refractivity contribution in [1.29, 1.82) is 0 Å². The van der Waals surface area contributed by atoms with E-state index >= 15 is 0 Å². The Morgan fingerprint density at radius 3 is 3.05 bits per heavy atom. The van der Waals surface area contributed by atoms with Crippen LogP contribution in [0.5, 0.6) is 0 Å². The number of allylic oxidation sites excluding steroid dienone is 1. The molecule has 0 aliphatic carbocycles. The van der Waals surface area contributed by atoms with Gasteiger partial charge in [-0.05, 0) is 19.3 Å². The summed E-state index contributed by atoms with van der Waals surface area (Å²) in [5, 5.41) is 6.21. The molecule has 7 nitrogen and oxygen atoms in total. The second-order valence-electron chi connectivity index (χ2n) is 4.96. The van der Waals surface area contributed by atoms with E-state index in [0.29, 0.717) is 18.4 Å². The Balaban J connectivity index is 2.16. The molecular formula is C14H21N5O2. The molecule has 0 spiro atoms. The molecule has 1 atom stereocenters. The number of carbonyl (C=O) groups is 1. The molecule has 114 valence electrons. The Kier molecular flexibility index (Phi) is 5.10. The Morgan fingerprint density at radius 2 is 2.43 bits per heavy atom. The highest BCUT2D eigenvalue weighted by Crippen LogP contribution is 2.18. The standard InChI is InChI=1S/C14H21N5O2/c1-3-9(2)17-13-11(12(15)20)7-16-14(19-13)18-10-5-4-6-21-8-10/h7,10H,2-6,8H2,1H3,(H2,15,20)(H2,16,17,18,19)/t10-/m0/s1. The van der Waals surface area contributed by atoms with Crippen LogP contribution in [0.2, 0.25) is 0 Å². The summed E-state index contributed by atoms with van der Waals surface area (Å²) in [6.07, 6.45) is 4.16. The highest BCUT2D eigenvalue weighted by atomic mass is 16.5. The van der Waals surface area contributed by atoms with Gasteiger partial charge in [0.2, 0.25) is 5.95 Å². The fourth-order valence-corrected chi connectivity index (χ4v) is 2.02. The van der Waals surface area contributed by atoms with Gasteiger partial charge in [-0.15, -0.1) is 0 Å². The quantitative estimate of drug-likeness (QED) is 0.734. The number of ether oxygens (including phenoxy) is 1. The summed E-state index contributed by atoms with van der Waals surface area (Å²) in [5.74, 6) is 0.249. The first-order valence-corrected chi connectivity index (χ1v) is 7.06. The Bertz CT molecular complexity index is 526. The van der Waals surface area contributed by atoms with Gasteiger partial charge in [0.25, 0.3) is 5.91 Å². The SMILES string of the molecule is C=C(CC)Nc1nc(N[C@H]2CCCOC2)ncc1C(N)=O. The van der Waals surface area contributed by atoms with E-state index in [0.717, 1.165) is 31.6 Å². The second-order valence-corrected chi connectivity index (χ2v) is 4.96. The van der Waals surface area contributed by atoms with Crippen LogP contribution in [0.4, 0.5) is 11.8 Å². The maximum atomic E-state index is 11.4. The van der Waals surface area contributed by atoms with E-state index in [2.05, 4.69) is 27.2 Å². The Labute approximate surface area is 124 Å². The lowest BCUT2D eigenvalue weighted by Gasteiger charge is -2.23. The van der Waals surface area contributed by atoms with E-state index < -0.39 is 5.91 Å². The molecule has 1 aliphatic rings. The van der Waals surface area contributed by atoms with Gasteiger partial charge in [-0.1, -0.05) is 13.5 Å². The van der Waals surface area contributed by atoms with Crippen LogP contribution in [0.1, 0.15) is 36.5 Å². The lowest BCUT2D eigenvalue weighted by Crippen LogP contribution is -2.31. The number of anilines is 2. The van der Waals surface area contributed by atoms with Crippen molar-refractivity contribution in [3.05, 3.63) is 24.0 Å². The molecule has 1 aliphatic heterocycles. The van der Waals surface area contributed by atoms with E-state index in [1.165, 1.54) is 6.20 Å².